The van der Waals surface area contributed by atoms with Gasteiger partial charge in [0.1, 0.15) is 24.1 Å². The molecule has 0 aliphatic rings. The van der Waals surface area contributed by atoms with Crippen LogP contribution in [0.1, 0.15) is 15.9 Å². The van der Waals surface area contributed by atoms with Crippen LogP contribution in [-0.4, -0.2) is 5.97 Å². The molecule has 0 unspecified atom stereocenters. The number of rotatable bonds is 3. The molecule has 0 fully saturated rings. The summed E-state index contributed by atoms with van der Waals surface area (Å²) in [5, 5.41) is 0. The minimum Gasteiger partial charge on any atom is -0.457 e. The van der Waals surface area contributed by atoms with Crippen LogP contribution >= 0.6 is 15.9 Å². The van der Waals surface area contributed by atoms with Gasteiger partial charge in [0.2, 0.25) is 0 Å². The van der Waals surface area contributed by atoms with Crippen molar-refractivity contribution in [3.63, 3.8) is 0 Å². The molecule has 0 saturated heterocycles. The summed E-state index contributed by atoms with van der Waals surface area (Å²) >= 11 is 2.89. The van der Waals surface area contributed by atoms with E-state index in [0.29, 0.717) is 0 Å². The quantitative estimate of drug-likeness (QED) is 0.515. The lowest BCUT2D eigenvalue weighted by Gasteiger charge is -2.09. The predicted molar refractivity (Wildman–Crippen MR) is 74.0 cm³/mol. The van der Waals surface area contributed by atoms with Gasteiger partial charge in [0, 0.05) is 5.69 Å². The molecule has 0 atom stereocenters. The van der Waals surface area contributed by atoms with E-state index in [9.17, 15) is 18.0 Å². The molecule has 0 aliphatic carbocycles. The number of anilines is 1. The first-order chi connectivity index (χ1) is 9.90. The fourth-order valence-corrected chi connectivity index (χ4v) is 1.99. The zero-order valence-electron chi connectivity index (χ0n) is 10.5. The van der Waals surface area contributed by atoms with Crippen LogP contribution in [0.2, 0.25) is 0 Å². The summed E-state index contributed by atoms with van der Waals surface area (Å²) in [6, 6.07) is 5.59. The highest BCUT2D eigenvalue weighted by atomic mass is 79.9. The lowest BCUT2D eigenvalue weighted by atomic mass is 10.2. The molecule has 7 heteroatoms. The van der Waals surface area contributed by atoms with Crippen molar-refractivity contribution in [2.45, 2.75) is 6.61 Å². The third-order valence-corrected chi connectivity index (χ3v) is 3.31. The largest absolute Gasteiger partial charge is 0.457 e. The second-order valence-corrected chi connectivity index (χ2v) is 4.99. The van der Waals surface area contributed by atoms with Crippen molar-refractivity contribution >= 4 is 27.6 Å². The highest BCUT2D eigenvalue weighted by Gasteiger charge is 2.17. The summed E-state index contributed by atoms with van der Waals surface area (Å²) in [5.41, 5.74) is 4.78. The van der Waals surface area contributed by atoms with Gasteiger partial charge >= 0.3 is 5.97 Å². The van der Waals surface area contributed by atoms with Gasteiger partial charge in [-0.2, -0.15) is 0 Å². The molecule has 21 heavy (non-hydrogen) atoms. The van der Waals surface area contributed by atoms with Gasteiger partial charge in [0.15, 0.2) is 0 Å². The number of halogens is 4. The zero-order chi connectivity index (χ0) is 15.6. The Morgan fingerprint density at radius 2 is 1.81 bits per heavy atom. The highest BCUT2D eigenvalue weighted by molar-refractivity contribution is 9.10. The van der Waals surface area contributed by atoms with E-state index >= 15 is 0 Å². The fraction of sp³-hybridized carbons (Fsp3) is 0.0714. The molecule has 3 nitrogen and oxygen atoms in total. The lowest BCUT2D eigenvalue weighted by molar-refractivity contribution is 0.0459. The van der Waals surface area contributed by atoms with Gasteiger partial charge in [-0.3, -0.25) is 0 Å². The van der Waals surface area contributed by atoms with E-state index in [2.05, 4.69) is 15.9 Å². The molecule has 2 aromatic carbocycles. The van der Waals surface area contributed by atoms with Crippen molar-refractivity contribution < 1.29 is 22.7 Å². The van der Waals surface area contributed by atoms with E-state index in [1.807, 2.05) is 0 Å². The van der Waals surface area contributed by atoms with Crippen molar-refractivity contribution in [3.8, 4) is 0 Å². The maximum Gasteiger partial charge on any atom is 0.341 e. The Morgan fingerprint density at radius 1 is 1.14 bits per heavy atom. The number of hydrogen-bond donors (Lipinski definition) is 1. The highest BCUT2D eigenvalue weighted by Crippen LogP contribution is 2.23. The molecule has 0 amide bonds. The van der Waals surface area contributed by atoms with Crippen LogP contribution in [0.15, 0.2) is 34.8 Å². The Balaban J connectivity index is 2.19. The van der Waals surface area contributed by atoms with Gasteiger partial charge in [-0.15, -0.1) is 0 Å². The summed E-state index contributed by atoms with van der Waals surface area (Å²) in [6.45, 7) is -0.663. The second-order valence-electron chi connectivity index (χ2n) is 4.14. The van der Waals surface area contributed by atoms with E-state index < -0.39 is 41.2 Å². The smallest absolute Gasteiger partial charge is 0.341 e. The van der Waals surface area contributed by atoms with Crippen LogP contribution in [-0.2, 0) is 11.3 Å². The minimum atomic E-state index is -1.06. The van der Waals surface area contributed by atoms with E-state index in [1.165, 1.54) is 12.1 Å². The third-order valence-electron chi connectivity index (χ3n) is 2.70. The molecule has 0 radical (unpaired) electrons. The van der Waals surface area contributed by atoms with Gasteiger partial charge in [-0.1, -0.05) is 0 Å². The molecule has 0 spiro atoms. The Hall–Kier alpha value is -2.02. The minimum absolute atomic E-state index is 0.0325. The Kier molecular flexibility index (Phi) is 4.52. The third kappa shape index (κ3) is 3.36. The second kappa shape index (κ2) is 6.17. The Bertz CT molecular complexity index is 707. The molecule has 2 N–H and O–H groups in total. The SMILES string of the molecule is Nc1ccc(F)c(C(=O)OCc2c(F)ccc(Br)c2F)c1. The number of hydrogen-bond acceptors (Lipinski definition) is 3. The fourth-order valence-electron chi connectivity index (χ4n) is 1.62. The molecule has 0 aromatic heterocycles. The van der Waals surface area contributed by atoms with Crippen LogP contribution in [0.25, 0.3) is 0 Å². The number of ether oxygens (including phenoxy) is 1. The number of esters is 1. The zero-order valence-corrected chi connectivity index (χ0v) is 12.1. The maximum atomic E-state index is 13.7. The first-order valence-corrected chi connectivity index (χ1v) is 6.54. The molecule has 0 heterocycles. The van der Waals surface area contributed by atoms with Crippen molar-refractivity contribution in [3.05, 3.63) is 63.4 Å². The van der Waals surface area contributed by atoms with Crippen LogP contribution < -0.4 is 5.73 Å². The van der Waals surface area contributed by atoms with E-state index in [-0.39, 0.29) is 10.2 Å². The number of benzene rings is 2. The van der Waals surface area contributed by atoms with Gasteiger partial charge in [0.05, 0.1) is 15.6 Å². The summed E-state index contributed by atoms with van der Waals surface area (Å²) in [4.78, 5) is 11.7. The Labute approximate surface area is 126 Å². The number of carbonyl (C=O) groups is 1. The van der Waals surface area contributed by atoms with E-state index in [4.69, 9.17) is 10.5 Å². The van der Waals surface area contributed by atoms with Crippen molar-refractivity contribution in [1.29, 1.82) is 0 Å². The summed E-state index contributed by atoms with van der Waals surface area (Å²) in [5.74, 6) is -3.63. The first-order valence-electron chi connectivity index (χ1n) is 5.74. The average molecular weight is 360 g/mol. The van der Waals surface area contributed by atoms with Crippen molar-refractivity contribution in [1.82, 2.24) is 0 Å². The van der Waals surface area contributed by atoms with Crippen LogP contribution in [0, 0.1) is 17.5 Å². The molecule has 2 aromatic rings. The summed E-state index contributed by atoms with van der Waals surface area (Å²) < 4.78 is 45.4. The first kappa shape index (κ1) is 15.4. The van der Waals surface area contributed by atoms with E-state index in [0.717, 1.165) is 18.2 Å². The normalized spacial score (nSPS) is 10.5. The molecule has 0 saturated carbocycles. The Morgan fingerprint density at radius 3 is 2.52 bits per heavy atom. The topological polar surface area (TPSA) is 52.3 Å². The lowest BCUT2D eigenvalue weighted by Crippen LogP contribution is -2.10. The van der Waals surface area contributed by atoms with Crippen molar-refractivity contribution in [2.24, 2.45) is 0 Å². The van der Waals surface area contributed by atoms with Gasteiger partial charge in [0.25, 0.3) is 0 Å². The maximum absolute atomic E-state index is 13.7. The van der Waals surface area contributed by atoms with E-state index in [1.54, 1.807) is 0 Å². The van der Waals surface area contributed by atoms with Gasteiger partial charge < -0.3 is 10.5 Å². The molecule has 0 bridgehead atoms. The number of nitrogen functional groups attached to an aromatic ring is 1. The summed E-state index contributed by atoms with van der Waals surface area (Å²) in [7, 11) is 0. The van der Waals surface area contributed by atoms with Crippen molar-refractivity contribution in [2.75, 3.05) is 5.73 Å². The molecular weight excluding hydrogens is 351 g/mol. The predicted octanol–water partition coefficient (Wildman–Crippen LogP) is 3.81. The van der Waals surface area contributed by atoms with Gasteiger partial charge in [-0.05, 0) is 46.3 Å². The molecule has 2 rings (SSSR count). The summed E-state index contributed by atoms with van der Waals surface area (Å²) in [6.07, 6.45) is 0. The average Bonchev–Trinajstić information content (AvgIpc) is 2.45. The molecule has 0 aliphatic heterocycles. The van der Waals surface area contributed by atoms with Crippen LogP contribution in [0.4, 0.5) is 18.9 Å². The van der Waals surface area contributed by atoms with Gasteiger partial charge in [-0.25, -0.2) is 18.0 Å². The molecule has 110 valence electrons. The molecular formula is C14H9BrF3NO2. The van der Waals surface area contributed by atoms with Crippen LogP contribution in [0.3, 0.4) is 0 Å². The number of nitrogens with two attached hydrogens (primary N) is 1. The monoisotopic (exact) mass is 359 g/mol. The standard InChI is InChI=1S/C14H9BrF3NO2/c15-10-2-4-12(17)9(13(10)18)6-21-14(20)8-5-7(19)1-3-11(8)16/h1-5H,6,19H2. The number of carbonyl (C=O) groups excluding carboxylic acids is 1. The van der Waals surface area contributed by atoms with Crippen LogP contribution in [0.5, 0.6) is 0 Å².